The lowest BCUT2D eigenvalue weighted by Gasteiger charge is -2.17. The van der Waals surface area contributed by atoms with Gasteiger partial charge >= 0.3 is 0 Å². The van der Waals surface area contributed by atoms with Crippen LogP contribution in [0, 0.1) is 6.92 Å². The number of nitrogens with zero attached hydrogens (tertiary/aromatic N) is 3. The fourth-order valence-corrected chi connectivity index (χ4v) is 3.11. The van der Waals surface area contributed by atoms with Crippen molar-refractivity contribution in [3.05, 3.63) is 53.5 Å². The predicted molar refractivity (Wildman–Crippen MR) is 101 cm³/mol. The average molecular weight is 340 g/mol. The van der Waals surface area contributed by atoms with Gasteiger partial charge in [0.2, 0.25) is 0 Å². The highest BCUT2D eigenvalue weighted by molar-refractivity contribution is 5.37. The molecule has 0 radical (unpaired) electrons. The monoisotopic (exact) mass is 340 g/mol. The summed E-state index contributed by atoms with van der Waals surface area (Å²) in [5.41, 5.74) is 2.49. The summed E-state index contributed by atoms with van der Waals surface area (Å²) in [6.45, 7) is 6.48. The summed E-state index contributed by atoms with van der Waals surface area (Å²) in [6, 6.07) is 12.7. The second kappa shape index (κ2) is 8.92. The van der Waals surface area contributed by atoms with Crippen molar-refractivity contribution in [3.63, 3.8) is 0 Å². The minimum absolute atomic E-state index is 0.413. The topological polar surface area (TPSA) is 50.3 Å². The van der Waals surface area contributed by atoms with Crippen molar-refractivity contribution in [1.29, 1.82) is 0 Å². The van der Waals surface area contributed by atoms with Gasteiger partial charge in [-0.2, -0.15) is 0 Å². The summed E-state index contributed by atoms with van der Waals surface area (Å²) in [5.74, 6) is 2.16. The van der Waals surface area contributed by atoms with Crippen molar-refractivity contribution < 1.29 is 4.74 Å². The Balaban J connectivity index is 1.45. The second-order valence-electron chi connectivity index (χ2n) is 6.75. The third-order valence-electron chi connectivity index (χ3n) is 4.63. The minimum Gasteiger partial charge on any atom is -0.381 e. The molecule has 5 heteroatoms. The lowest BCUT2D eigenvalue weighted by atomic mass is 10.0. The molecule has 1 aromatic heterocycles. The van der Waals surface area contributed by atoms with E-state index >= 15 is 0 Å². The number of nitrogens with one attached hydrogen (secondary N) is 1. The van der Waals surface area contributed by atoms with E-state index in [0.717, 1.165) is 63.0 Å². The number of likely N-dealkylation sites (N-methyl/N-ethyl adjacent to an activating group) is 1. The van der Waals surface area contributed by atoms with E-state index in [9.17, 15) is 0 Å². The lowest BCUT2D eigenvalue weighted by molar-refractivity contribution is 0.193. The van der Waals surface area contributed by atoms with Crippen LogP contribution in [0.1, 0.15) is 29.4 Å². The Kier molecular flexibility index (Phi) is 6.36. The van der Waals surface area contributed by atoms with Crippen molar-refractivity contribution >= 4 is 5.82 Å². The zero-order valence-electron chi connectivity index (χ0n) is 15.2. The molecule has 5 nitrogen and oxygen atoms in total. The van der Waals surface area contributed by atoms with Gasteiger partial charge in [-0.25, -0.2) is 9.97 Å². The average Bonchev–Trinajstić information content (AvgIpc) is 3.15. The van der Waals surface area contributed by atoms with Gasteiger partial charge < -0.3 is 15.0 Å². The summed E-state index contributed by atoms with van der Waals surface area (Å²) in [6.07, 6.45) is 2.13. The van der Waals surface area contributed by atoms with E-state index in [1.165, 1.54) is 5.56 Å². The molecule has 1 atom stereocenters. The number of aryl methyl sites for hydroxylation is 1. The van der Waals surface area contributed by atoms with Crippen LogP contribution in [0.2, 0.25) is 0 Å². The number of hydrogen-bond donors (Lipinski definition) is 1. The van der Waals surface area contributed by atoms with Gasteiger partial charge in [-0.15, -0.1) is 0 Å². The Bertz CT molecular complexity index is 656. The molecule has 1 fully saturated rings. The highest BCUT2D eigenvalue weighted by Crippen LogP contribution is 2.24. The van der Waals surface area contributed by atoms with E-state index < -0.39 is 0 Å². The maximum Gasteiger partial charge on any atom is 0.129 e. The second-order valence-corrected chi connectivity index (χ2v) is 6.75. The predicted octanol–water partition coefficient (Wildman–Crippen LogP) is 2.88. The molecule has 0 amide bonds. The van der Waals surface area contributed by atoms with Gasteiger partial charge in [0.15, 0.2) is 0 Å². The molecule has 2 aromatic rings. The van der Waals surface area contributed by atoms with Crippen LogP contribution in [-0.2, 0) is 11.2 Å². The number of aromatic nitrogens is 2. The first-order valence-corrected chi connectivity index (χ1v) is 9.10. The molecule has 1 unspecified atom stereocenters. The molecule has 1 aromatic carbocycles. The van der Waals surface area contributed by atoms with Gasteiger partial charge in [0.25, 0.3) is 0 Å². The standard InChI is InChI=1S/C20H28N4O/c1-16-22-19(18-9-13-25-15-18)14-20(23-16)21-10-12-24(2)11-8-17-6-4-3-5-7-17/h3-7,14,18H,8-13,15H2,1-2H3,(H,21,22,23). The smallest absolute Gasteiger partial charge is 0.129 e. The zero-order chi connectivity index (χ0) is 17.5. The number of rotatable bonds is 8. The van der Waals surface area contributed by atoms with Crippen LogP contribution < -0.4 is 5.32 Å². The van der Waals surface area contributed by atoms with Crippen molar-refractivity contribution in [3.8, 4) is 0 Å². The van der Waals surface area contributed by atoms with E-state index in [1.54, 1.807) is 0 Å². The molecule has 1 aliphatic rings. The molecule has 1 N–H and O–H groups in total. The molecule has 0 saturated carbocycles. The third-order valence-corrected chi connectivity index (χ3v) is 4.63. The van der Waals surface area contributed by atoms with Crippen LogP contribution in [0.25, 0.3) is 0 Å². The zero-order valence-corrected chi connectivity index (χ0v) is 15.2. The van der Waals surface area contributed by atoms with E-state index in [0.29, 0.717) is 5.92 Å². The fourth-order valence-electron chi connectivity index (χ4n) is 3.11. The lowest BCUT2D eigenvalue weighted by Crippen LogP contribution is -2.27. The van der Waals surface area contributed by atoms with Crippen LogP contribution >= 0.6 is 0 Å². The molecule has 1 saturated heterocycles. The van der Waals surface area contributed by atoms with Crippen LogP contribution in [0.15, 0.2) is 36.4 Å². The molecule has 25 heavy (non-hydrogen) atoms. The first kappa shape index (κ1) is 17.8. The van der Waals surface area contributed by atoms with Crippen LogP contribution in [0.5, 0.6) is 0 Å². The largest absolute Gasteiger partial charge is 0.381 e. The third kappa shape index (κ3) is 5.51. The summed E-state index contributed by atoms with van der Waals surface area (Å²) in [7, 11) is 2.16. The Morgan fingerprint density at radius 1 is 1.20 bits per heavy atom. The highest BCUT2D eigenvalue weighted by atomic mass is 16.5. The molecular formula is C20H28N4O. The number of hydrogen-bond acceptors (Lipinski definition) is 5. The molecular weight excluding hydrogens is 312 g/mol. The molecule has 0 bridgehead atoms. The summed E-state index contributed by atoms with van der Waals surface area (Å²) < 4.78 is 5.48. The van der Waals surface area contributed by atoms with Crippen LogP contribution in [0.4, 0.5) is 5.82 Å². The Hall–Kier alpha value is -1.98. The van der Waals surface area contributed by atoms with Gasteiger partial charge in [-0.05, 0) is 32.4 Å². The maximum atomic E-state index is 5.48. The van der Waals surface area contributed by atoms with Crippen LogP contribution in [0.3, 0.4) is 0 Å². The molecule has 3 rings (SSSR count). The Morgan fingerprint density at radius 3 is 2.80 bits per heavy atom. The van der Waals surface area contributed by atoms with Crippen molar-refractivity contribution in [2.45, 2.75) is 25.7 Å². The number of anilines is 1. The van der Waals surface area contributed by atoms with Gasteiger partial charge in [0, 0.05) is 38.2 Å². The molecule has 1 aliphatic heterocycles. The normalized spacial score (nSPS) is 17.2. The SMILES string of the molecule is Cc1nc(NCCN(C)CCc2ccccc2)cc(C2CCOC2)n1. The van der Waals surface area contributed by atoms with Crippen molar-refractivity contribution in [1.82, 2.24) is 14.9 Å². The van der Waals surface area contributed by atoms with Crippen LogP contribution in [-0.4, -0.2) is 54.8 Å². The summed E-state index contributed by atoms with van der Waals surface area (Å²) in [4.78, 5) is 11.4. The van der Waals surface area contributed by atoms with Crippen molar-refractivity contribution in [2.24, 2.45) is 0 Å². The van der Waals surface area contributed by atoms with Gasteiger partial charge in [0.1, 0.15) is 11.6 Å². The molecule has 0 aliphatic carbocycles. The number of ether oxygens (including phenoxy) is 1. The molecule has 0 spiro atoms. The highest BCUT2D eigenvalue weighted by Gasteiger charge is 2.20. The Morgan fingerprint density at radius 2 is 2.04 bits per heavy atom. The van der Waals surface area contributed by atoms with E-state index in [1.807, 2.05) is 6.92 Å². The minimum atomic E-state index is 0.413. The van der Waals surface area contributed by atoms with Crippen molar-refractivity contribution in [2.75, 3.05) is 45.2 Å². The Labute approximate surface area is 150 Å². The maximum absolute atomic E-state index is 5.48. The first-order chi connectivity index (χ1) is 12.2. The van der Waals surface area contributed by atoms with E-state index in [2.05, 4.69) is 63.6 Å². The van der Waals surface area contributed by atoms with Gasteiger partial charge in [-0.1, -0.05) is 30.3 Å². The number of benzene rings is 1. The fraction of sp³-hybridized carbons (Fsp3) is 0.500. The van der Waals surface area contributed by atoms with E-state index in [4.69, 9.17) is 4.74 Å². The van der Waals surface area contributed by atoms with E-state index in [-0.39, 0.29) is 0 Å². The summed E-state index contributed by atoms with van der Waals surface area (Å²) >= 11 is 0. The molecule has 2 heterocycles. The van der Waals surface area contributed by atoms with Gasteiger partial charge in [0.05, 0.1) is 12.3 Å². The summed E-state index contributed by atoms with van der Waals surface area (Å²) in [5, 5.41) is 3.44. The first-order valence-electron chi connectivity index (χ1n) is 9.10. The van der Waals surface area contributed by atoms with Gasteiger partial charge in [-0.3, -0.25) is 0 Å². The quantitative estimate of drug-likeness (QED) is 0.801. The molecule has 134 valence electrons.